The second-order valence-electron chi connectivity index (χ2n) is 12.7. The van der Waals surface area contributed by atoms with Crippen molar-refractivity contribution in [2.24, 2.45) is 22.9 Å². The highest BCUT2D eigenvalue weighted by atomic mass is 16.6. The summed E-state index contributed by atoms with van der Waals surface area (Å²) in [7, 11) is 4.23. The Labute approximate surface area is 254 Å². The number of allylic oxidation sites excluding steroid dienone is 2. The van der Waals surface area contributed by atoms with Crippen LogP contribution in [0.15, 0.2) is 35.5 Å². The van der Waals surface area contributed by atoms with Gasteiger partial charge in [0, 0.05) is 44.4 Å². The SMILES string of the molecule is CCCC(C/C=C(\C)c1ccc(OCC2CCCN(C(=N)O/N=C/C(C)C)CC2)cc1)C(=O)N1CCCC(N(C)C)C1. The molecule has 1 amide bonds. The van der Waals surface area contributed by atoms with Crippen molar-refractivity contribution in [3.8, 4) is 5.75 Å². The fraction of sp³-hybridized carbons (Fsp3) is 0.676. The number of amides is 1. The van der Waals surface area contributed by atoms with E-state index < -0.39 is 0 Å². The van der Waals surface area contributed by atoms with Gasteiger partial charge < -0.3 is 24.3 Å². The Balaban J connectivity index is 1.48. The van der Waals surface area contributed by atoms with E-state index in [1.165, 1.54) is 17.6 Å². The van der Waals surface area contributed by atoms with Gasteiger partial charge in [0.05, 0.1) is 6.61 Å². The van der Waals surface area contributed by atoms with E-state index in [9.17, 15) is 4.79 Å². The largest absolute Gasteiger partial charge is 0.493 e. The minimum Gasteiger partial charge on any atom is -0.493 e. The summed E-state index contributed by atoms with van der Waals surface area (Å²) in [5, 5.41) is 12.1. The Bertz CT molecular complexity index is 1040. The van der Waals surface area contributed by atoms with Crippen LogP contribution < -0.4 is 4.74 Å². The molecule has 2 aliphatic heterocycles. The number of piperidine rings is 1. The maximum atomic E-state index is 13.4. The number of rotatable bonds is 12. The van der Waals surface area contributed by atoms with E-state index in [2.05, 4.69) is 73.2 Å². The van der Waals surface area contributed by atoms with Crippen LogP contribution in [0.4, 0.5) is 0 Å². The molecule has 3 unspecified atom stereocenters. The molecule has 42 heavy (non-hydrogen) atoms. The van der Waals surface area contributed by atoms with Gasteiger partial charge in [0.25, 0.3) is 0 Å². The van der Waals surface area contributed by atoms with Crippen LogP contribution in [0.1, 0.15) is 84.6 Å². The summed E-state index contributed by atoms with van der Waals surface area (Å²) in [5.41, 5.74) is 2.37. The average Bonchev–Trinajstić information content (AvgIpc) is 3.23. The van der Waals surface area contributed by atoms with Gasteiger partial charge in [-0.25, -0.2) is 5.41 Å². The highest BCUT2D eigenvalue weighted by Crippen LogP contribution is 2.25. The molecule has 234 valence electrons. The molecule has 0 radical (unpaired) electrons. The second kappa shape index (κ2) is 17.3. The van der Waals surface area contributed by atoms with Crippen molar-refractivity contribution in [2.45, 2.75) is 85.1 Å². The number of amidine groups is 1. The van der Waals surface area contributed by atoms with E-state index in [0.29, 0.717) is 30.4 Å². The lowest BCUT2D eigenvalue weighted by Gasteiger charge is -2.37. The van der Waals surface area contributed by atoms with Crippen LogP contribution >= 0.6 is 0 Å². The molecule has 8 nitrogen and oxygen atoms in total. The van der Waals surface area contributed by atoms with Crippen molar-refractivity contribution in [3.05, 3.63) is 35.9 Å². The van der Waals surface area contributed by atoms with Crippen LogP contribution in [-0.2, 0) is 9.63 Å². The fourth-order valence-electron chi connectivity index (χ4n) is 5.79. The highest BCUT2D eigenvalue weighted by Gasteiger charge is 2.29. The molecule has 0 aromatic heterocycles. The molecule has 1 aromatic rings. The maximum Gasteiger partial charge on any atom is 0.314 e. The average molecular weight is 582 g/mol. The van der Waals surface area contributed by atoms with E-state index in [4.69, 9.17) is 15.0 Å². The van der Waals surface area contributed by atoms with Crippen LogP contribution in [0, 0.1) is 23.2 Å². The number of hydrogen-bond acceptors (Lipinski definition) is 6. The van der Waals surface area contributed by atoms with Crippen molar-refractivity contribution in [1.82, 2.24) is 14.7 Å². The zero-order valence-corrected chi connectivity index (χ0v) is 27.0. The first-order valence-corrected chi connectivity index (χ1v) is 16.1. The van der Waals surface area contributed by atoms with Gasteiger partial charge in [-0.3, -0.25) is 4.79 Å². The monoisotopic (exact) mass is 581 g/mol. The minimum absolute atomic E-state index is 0.0482. The highest BCUT2D eigenvalue weighted by molar-refractivity contribution is 5.79. The number of nitrogens with zero attached hydrogens (tertiary/aromatic N) is 4. The second-order valence-corrected chi connectivity index (χ2v) is 12.7. The predicted molar refractivity (Wildman–Crippen MR) is 173 cm³/mol. The number of nitrogens with one attached hydrogen (secondary N) is 1. The molecule has 3 atom stereocenters. The fourth-order valence-corrected chi connectivity index (χ4v) is 5.79. The number of ether oxygens (including phenoxy) is 1. The van der Waals surface area contributed by atoms with Gasteiger partial charge in [-0.1, -0.05) is 50.6 Å². The summed E-state index contributed by atoms with van der Waals surface area (Å²) in [4.78, 5) is 25.0. The number of oxime groups is 1. The number of carbonyl (C=O) groups is 1. The number of carbonyl (C=O) groups excluding carboxylic acids is 1. The molecule has 2 saturated heterocycles. The lowest BCUT2D eigenvalue weighted by molar-refractivity contribution is -0.137. The predicted octanol–water partition coefficient (Wildman–Crippen LogP) is 6.52. The van der Waals surface area contributed by atoms with E-state index in [1.54, 1.807) is 6.21 Å². The molecular formula is C34H55N5O3. The molecule has 3 rings (SSSR count). The van der Waals surface area contributed by atoms with Crippen LogP contribution in [-0.4, -0.2) is 85.8 Å². The summed E-state index contributed by atoms with van der Waals surface area (Å²) >= 11 is 0. The topological polar surface area (TPSA) is 81.5 Å². The van der Waals surface area contributed by atoms with Crippen LogP contribution in [0.5, 0.6) is 5.75 Å². The number of likely N-dealkylation sites (N-methyl/N-ethyl adjacent to an activating group) is 1. The first-order valence-electron chi connectivity index (χ1n) is 16.1. The smallest absolute Gasteiger partial charge is 0.314 e. The van der Waals surface area contributed by atoms with Gasteiger partial charge in [-0.05, 0) is 101 Å². The first kappa shape index (κ1) is 33.6. The number of likely N-dealkylation sites (tertiary alicyclic amines) is 2. The molecule has 2 heterocycles. The molecule has 2 aliphatic rings. The molecule has 0 bridgehead atoms. The van der Waals surface area contributed by atoms with Gasteiger partial charge in [-0.2, -0.15) is 0 Å². The Morgan fingerprint density at radius 2 is 1.81 bits per heavy atom. The van der Waals surface area contributed by atoms with Gasteiger partial charge in [0.15, 0.2) is 0 Å². The Kier molecular flexibility index (Phi) is 13.8. The maximum absolute atomic E-state index is 13.4. The molecule has 8 heteroatoms. The molecule has 2 fully saturated rings. The van der Waals surface area contributed by atoms with Crippen molar-refractivity contribution in [1.29, 1.82) is 5.41 Å². The Morgan fingerprint density at radius 1 is 1.10 bits per heavy atom. The van der Waals surface area contributed by atoms with Crippen LogP contribution in [0.2, 0.25) is 0 Å². The van der Waals surface area contributed by atoms with Gasteiger partial charge >= 0.3 is 6.02 Å². The third kappa shape index (κ3) is 10.8. The van der Waals surface area contributed by atoms with Crippen molar-refractivity contribution < 1.29 is 14.4 Å². The molecular weight excluding hydrogens is 526 g/mol. The van der Waals surface area contributed by atoms with Crippen molar-refractivity contribution in [3.63, 3.8) is 0 Å². The summed E-state index contributed by atoms with van der Waals surface area (Å²) in [6.45, 7) is 12.4. The molecule has 0 spiro atoms. The van der Waals surface area contributed by atoms with Gasteiger partial charge in [-0.15, -0.1) is 0 Å². The zero-order valence-electron chi connectivity index (χ0n) is 27.0. The lowest BCUT2D eigenvalue weighted by Crippen LogP contribution is -2.49. The minimum atomic E-state index is 0.0482. The first-order chi connectivity index (χ1) is 20.2. The third-order valence-corrected chi connectivity index (χ3v) is 8.56. The van der Waals surface area contributed by atoms with E-state index >= 15 is 0 Å². The third-order valence-electron chi connectivity index (χ3n) is 8.56. The number of benzene rings is 1. The van der Waals surface area contributed by atoms with E-state index in [1.807, 2.05) is 18.7 Å². The number of hydrogen-bond donors (Lipinski definition) is 1. The van der Waals surface area contributed by atoms with Crippen molar-refractivity contribution >= 4 is 23.7 Å². The summed E-state index contributed by atoms with van der Waals surface area (Å²) in [5.74, 6) is 2.00. The summed E-state index contributed by atoms with van der Waals surface area (Å²) in [6, 6.07) is 8.93. The Hall–Kier alpha value is -2.87. The molecule has 0 aliphatic carbocycles. The normalized spacial score (nSPS) is 21.1. The summed E-state index contributed by atoms with van der Waals surface area (Å²) < 4.78 is 6.18. The molecule has 1 N–H and O–H groups in total. The standard InChI is InChI=1S/C34H55N5O3/c1-7-10-30(33(40)39-21-9-12-31(24-39)37(5)6)14-13-27(4)29-15-17-32(18-16-29)41-25-28-11-8-20-38(22-19-28)34(35)42-36-23-26(2)3/h13,15-18,23,26,28,30-31,35H,7-12,14,19-22,24-25H2,1-6H3/b27-13+,35-34?,36-23+. The van der Waals surface area contributed by atoms with Gasteiger partial charge in [0.1, 0.15) is 5.75 Å². The molecule has 0 saturated carbocycles. The zero-order chi connectivity index (χ0) is 30.5. The van der Waals surface area contributed by atoms with E-state index in [-0.39, 0.29) is 11.9 Å². The van der Waals surface area contributed by atoms with E-state index in [0.717, 1.165) is 76.9 Å². The summed E-state index contributed by atoms with van der Waals surface area (Å²) in [6.07, 6.45) is 12.0. The van der Waals surface area contributed by atoms with Crippen molar-refractivity contribution in [2.75, 3.05) is 46.9 Å². The van der Waals surface area contributed by atoms with Crippen LogP contribution in [0.25, 0.3) is 5.57 Å². The quantitative estimate of drug-likeness (QED) is 0.173. The Morgan fingerprint density at radius 3 is 2.50 bits per heavy atom. The van der Waals surface area contributed by atoms with Gasteiger partial charge in [0.2, 0.25) is 5.91 Å². The van der Waals surface area contributed by atoms with Crippen LogP contribution in [0.3, 0.4) is 0 Å². The molecule has 1 aromatic carbocycles. The lowest BCUT2D eigenvalue weighted by atomic mass is 9.94.